The van der Waals surface area contributed by atoms with Crippen molar-refractivity contribution in [2.24, 2.45) is 0 Å². The summed E-state index contributed by atoms with van der Waals surface area (Å²) in [6.07, 6.45) is 2.75. The van der Waals surface area contributed by atoms with Crippen LogP contribution in [0.25, 0.3) is 0 Å². The maximum Gasteiger partial charge on any atom is 0.00391 e. The number of nitrogens with one attached hydrogen (secondary N) is 1. The van der Waals surface area contributed by atoms with Crippen molar-refractivity contribution in [3.8, 4) is 0 Å². The second-order valence-corrected chi connectivity index (χ2v) is 2.23. The molecule has 0 radical (unpaired) electrons. The smallest absolute Gasteiger partial charge is 0.00391 e. The quantitative estimate of drug-likeness (QED) is 0.544. The minimum absolute atomic E-state index is 0.750. The molecule has 3 heteroatoms. The van der Waals surface area contributed by atoms with Gasteiger partial charge in [0.2, 0.25) is 0 Å². The van der Waals surface area contributed by atoms with Gasteiger partial charge in [0.15, 0.2) is 0 Å². The van der Waals surface area contributed by atoms with E-state index in [1.807, 2.05) is 13.8 Å². The van der Waals surface area contributed by atoms with Crippen molar-refractivity contribution in [1.82, 2.24) is 5.32 Å². The Morgan fingerprint density at radius 3 is 2.00 bits per heavy atom. The van der Waals surface area contributed by atoms with Gasteiger partial charge in [0.25, 0.3) is 0 Å². The Morgan fingerprint density at radius 2 is 1.91 bits per heavy atom. The van der Waals surface area contributed by atoms with Crippen LogP contribution in [0.15, 0.2) is 0 Å². The van der Waals surface area contributed by atoms with Crippen LogP contribution in [0.5, 0.6) is 0 Å². The summed E-state index contributed by atoms with van der Waals surface area (Å²) in [5.41, 5.74) is 0. The van der Waals surface area contributed by atoms with Crippen LogP contribution < -0.4 is 5.32 Å². The van der Waals surface area contributed by atoms with Crippen LogP contribution in [-0.4, -0.2) is 19.7 Å². The van der Waals surface area contributed by atoms with Gasteiger partial charge in [-0.3, -0.25) is 0 Å². The van der Waals surface area contributed by atoms with Crippen LogP contribution in [0, 0.1) is 0 Å². The molecule has 0 bridgehead atoms. The summed E-state index contributed by atoms with van der Waals surface area (Å²) in [4.78, 5) is 0. The van der Waals surface area contributed by atoms with E-state index in [4.69, 9.17) is 4.70 Å². The molecule has 0 aromatic heterocycles. The fourth-order valence-electron chi connectivity index (χ4n) is 0.859. The largest absolute Gasteiger partial charge is 0.314 e. The zero-order valence-electron chi connectivity index (χ0n) is 8.18. The van der Waals surface area contributed by atoms with Gasteiger partial charge in [0.1, 0.15) is 0 Å². The van der Waals surface area contributed by atoms with Gasteiger partial charge in [-0.15, -0.1) is 0 Å². The third-order valence-corrected chi connectivity index (χ3v) is 1.31. The SMILES string of the molecule is CB=O.CC.CC1CCCN1. The topological polar surface area (TPSA) is 29.1 Å². The van der Waals surface area contributed by atoms with Gasteiger partial charge >= 0.3 is 18.7 Å². The van der Waals surface area contributed by atoms with Gasteiger partial charge in [-0.05, 0) is 26.3 Å². The summed E-state index contributed by atoms with van der Waals surface area (Å²) < 4.78 is 8.81. The molecule has 0 saturated carbocycles. The van der Waals surface area contributed by atoms with Crippen LogP contribution in [0.4, 0.5) is 0 Å². The Labute approximate surface area is 71.0 Å². The standard InChI is InChI=1S/C5H11N.C2H6.CH3BO/c1-5-3-2-4-6-5;1-2;1-2-3/h5-6H,2-4H2,1H3;1-2H3;1H3. The van der Waals surface area contributed by atoms with E-state index < -0.39 is 0 Å². The minimum atomic E-state index is 0.750. The maximum atomic E-state index is 8.81. The van der Waals surface area contributed by atoms with Crippen LogP contribution in [0.2, 0.25) is 6.82 Å². The molecule has 0 aromatic carbocycles. The van der Waals surface area contributed by atoms with E-state index in [-0.39, 0.29) is 0 Å². The Morgan fingerprint density at radius 1 is 1.45 bits per heavy atom. The first-order valence-corrected chi connectivity index (χ1v) is 4.44. The first-order valence-electron chi connectivity index (χ1n) is 4.44. The Balaban J connectivity index is 0. The molecule has 1 N–H and O–H groups in total. The molecule has 1 aliphatic rings. The van der Waals surface area contributed by atoms with E-state index in [0.717, 1.165) is 13.2 Å². The zero-order valence-corrected chi connectivity index (χ0v) is 8.18. The fourth-order valence-corrected chi connectivity index (χ4v) is 0.859. The molecule has 1 aliphatic heterocycles. The van der Waals surface area contributed by atoms with Gasteiger partial charge in [-0.1, -0.05) is 13.8 Å². The summed E-state index contributed by atoms with van der Waals surface area (Å²) >= 11 is 0. The van der Waals surface area contributed by atoms with Gasteiger partial charge in [-0.2, -0.15) is 0 Å². The van der Waals surface area contributed by atoms with Crippen LogP contribution in [0.1, 0.15) is 33.6 Å². The summed E-state index contributed by atoms with van der Waals surface area (Å²) in [6, 6.07) is 0.796. The average molecular weight is 157 g/mol. The molecule has 1 atom stereocenters. The Hall–Kier alpha value is -0.175. The van der Waals surface area contributed by atoms with E-state index in [0.29, 0.717) is 0 Å². The number of rotatable bonds is 0. The zero-order chi connectivity index (χ0) is 9.11. The second kappa shape index (κ2) is 12.5. The van der Waals surface area contributed by atoms with Crippen molar-refractivity contribution in [1.29, 1.82) is 0 Å². The van der Waals surface area contributed by atoms with Crippen LogP contribution in [-0.2, 0) is 4.70 Å². The molecule has 2 nitrogen and oxygen atoms in total. The molecule has 1 rings (SSSR count). The van der Waals surface area contributed by atoms with Crippen molar-refractivity contribution < 1.29 is 4.70 Å². The van der Waals surface area contributed by atoms with Gasteiger partial charge in [0.05, 0.1) is 0 Å². The molecule has 0 aliphatic carbocycles. The average Bonchev–Trinajstić information content (AvgIpc) is 2.46. The normalized spacial score (nSPS) is 20.2. The third kappa shape index (κ3) is 12.9. The molecule has 1 saturated heterocycles. The van der Waals surface area contributed by atoms with E-state index in [1.54, 1.807) is 0 Å². The van der Waals surface area contributed by atoms with E-state index in [1.165, 1.54) is 26.2 Å². The van der Waals surface area contributed by atoms with E-state index >= 15 is 0 Å². The van der Waals surface area contributed by atoms with Gasteiger partial charge in [-0.25, -0.2) is 0 Å². The van der Waals surface area contributed by atoms with Gasteiger partial charge in [0, 0.05) is 6.04 Å². The molecule has 66 valence electrons. The molecule has 1 heterocycles. The summed E-state index contributed by atoms with van der Waals surface area (Å²) in [7, 11) is 0.750. The van der Waals surface area contributed by atoms with Crippen LogP contribution in [0.3, 0.4) is 0 Å². The van der Waals surface area contributed by atoms with Crippen molar-refractivity contribution in [3.05, 3.63) is 0 Å². The third-order valence-electron chi connectivity index (χ3n) is 1.31. The minimum Gasteiger partial charge on any atom is -0.314 e. The molecule has 0 aromatic rings. The van der Waals surface area contributed by atoms with Gasteiger partial charge < -0.3 is 5.32 Å². The van der Waals surface area contributed by atoms with Crippen molar-refractivity contribution in [2.75, 3.05) is 6.54 Å². The van der Waals surface area contributed by atoms with Crippen molar-refractivity contribution in [2.45, 2.75) is 46.5 Å². The molecule has 1 fully saturated rings. The number of hydrogen-bond acceptors (Lipinski definition) is 2. The van der Waals surface area contributed by atoms with E-state index in [2.05, 4.69) is 12.2 Å². The first-order chi connectivity index (χ1) is 5.31. The molecule has 0 spiro atoms. The Kier molecular flexibility index (Phi) is 15.2. The molecular formula is C8H20BNO. The Bertz CT molecular complexity index is 72.5. The molecular weight excluding hydrogens is 137 g/mol. The number of hydrogen-bond donors (Lipinski definition) is 1. The predicted molar refractivity (Wildman–Crippen MR) is 50.4 cm³/mol. The van der Waals surface area contributed by atoms with Crippen LogP contribution >= 0.6 is 0 Å². The summed E-state index contributed by atoms with van der Waals surface area (Å²) in [5.74, 6) is 0. The molecule has 1 unspecified atom stereocenters. The molecule has 0 amide bonds. The first kappa shape index (κ1) is 13.4. The fraction of sp³-hybridized carbons (Fsp3) is 1.00. The molecule has 11 heavy (non-hydrogen) atoms. The monoisotopic (exact) mass is 157 g/mol. The second-order valence-electron chi connectivity index (χ2n) is 2.23. The summed E-state index contributed by atoms with van der Waals surface area (Å²) in [5, 5.41) is 3.32. The van der Waals surface area contributed by atoms with Crippen molar-refractivity contribution >= 4 is 7.15 Å². The predicted octanol–water partition coefficient (Wildman–Crippen LogP) is 1.87. The van der Waals surface area contributed by atoms with Crippen molar-refractivity contribution in [3.63, 3.8) is 0 Å². The maximum absolute atomic E-state index is 8.81. The summed E-state index contributed by atoms with van der Waals surface area (Å²) in [6.45, 7) is 8.91. The van der Waals surface area contributed by atoms with E-state index in [9.17, 15) is 0 Å².